The van der Waals surface area contributed by atoms with E-state index in [1.54, 1.807) is 22.7 Å². The number of aromatic nitrogens is 5. The average molecular weight is 455 g/mol. The van der Waals surface area contributed by atoms with E-state index in [4.69, 9.17) is 4.98 Å². The molecule has 0 saturated carbocycles. The number of amides is 1. The quantitative estimate of drug-likeness (QED) is 0.650. The van der Waals surface area contributed by atoms with Crippen LogP contribution in [0.25, 0.3) is 5.65 Å². The molecule has 1 atom stereocenters. The van der Waals surface area contributed by atoms with E-state index in [9.17, 15) is 4.79 Å². The summed E-state index contributed by atoms with van der Waals surface area (Å²) in [6.07, 6.45) is 13.4. The van der Waals surface area contributed by atoms with Crippen LogP contribution in [-0.4, -0.2) is 74.1 Å². The summed E-state index contributed by atoms with van der Waals surface area (Å²) in [5, 5.41) is 7.56. The van der Waals surface area contributed by atoms with Crippen molar-refractivity contribution in [2.24, 2.45) is 0 Å². The second kappa shape index (κ2) is 7.91. The largest absolute Gasteiger partial charge is 0.342 e. The molecule has 1 N–H and O–H groups in total. The zero-order valence-corrected chi connectivity index (χ0v) is 19.9. The lowest BCUT2D eigenvalue weighted by molar-refractivity contribution is -0.117. The van der Waals surface area contributed by atoms with Crippen LogP contribution in [0.1, 0.15) is 24.8 Å². The minimum Gasteiger partial charge on any atom is -0.342 e. The zero-order valence-electron chi connectivity index (χ0n) is 19.1. The standard InChI is InChI=1S/C22H30N8OS/c1-15-10-19-24-14-25-30(19)12-17(15)26-22-23-11-18-21(27-22)29(13-20(31)28(18)2)16-6-5-8-32(3,4)9-7-16/h10-12,14,16H,5-9,13H2,1-4H3,(H,23,26,27). The van der Waals surface area contributed by atoms with E-state index >= 15 is 0 Å². The molecule has 2 aliphatic heterocycles. The number of hydrogen-bond acceptors (Lipinski definition) is 7. The first kappa shape index (κ1) is 21.0. The molecule has 3 aromatic rings. The van der Waals surface area contributed by atoms with Crippen molar-refractivity contribution in [2.75, 3.05) is 52.7 Å². The van der Waals surface area contributed by atoms with Crippen LogP contribution in [0.5, 0.6) is 0 Å². The van der Waals surface area contributed by atoms with E-state index in [1.807, 2.05) is 19.2 Å². The summed E-state index contributed by atoms with van der Waals surface area (Å²) in [6.45, 7) is 2.38. The van der Waals surface area contributed by atoms with Gasteiger partial charge in [0.05, 0.1) is 24.6 Å². The number of nitrogens with one attached hydrogen (secondary N) is 1. The predicted molar refractivity (Wildman–Crippen MR) is 131 cm³/mol. The molecule has 1 saturated heterocycles. The summed E-state index contributed by atoms with van der Waals surface area (Å²) >= 11 is 0. The van der Waals surface area contributed by atoms with Crippen LogP contribution < -0.4 is 15.1 Å². The topological polar surface area (TPSA) is 91.5 Å². The lowest BCUT2D eigenvalue weighted by atomic mass is 10.1. The van der Waals surface area contributed by atoms with Crippen LogP contribution in [0, 0.1) is 6.92 Å². The molecular weight excluding hydrogens is 424 g/mol. The van der Waals surface area contributed by atoms with E-state index in [0.717, 1.165) is 41.2 Å². The maximum Gasteiger partial charge on any atom is 0.246 e. The highest BCUT2D eigenvalue weighted by Crippen LogP contribution is 2.45. The number of hydrogen-bond donors (Lipinski definition) is 1. The number of aryl methyl sites for hydroxylation is 1. The van der Waals surface area contributed by atoms with Gasteiger partial charge in [0.25, 0.3) is 0 Å². The van der Waals surface area contributed by atoms with Gasteiger partial charge in [-0.05, 0) is 61.8 Å². The predicted octanol–water partition coefficient (Wildman–Crippen LogP) is 2.97. The number of carbonyl (C=O) groups excluding carboxylic acids is 1. The molecule has 0 aliphatic carbocycles. The molecule has 2 aliphatic rings. The van der Waals surface area contributed by atoms with E-state index in [0.29, 0.717) is 18.5 Å². The maximum atomic E-state index is 12.7. The number of rotatable bonds is 3. The summed E-state index contributed by atoms with van der Waals surface area (Å²) in [5.41, 5.74) is 3.47. The van der Waals surface area contributed by atoms with E-state index < -0.39 is 10.0 Å². The van der Waals surface area contributed by atoms with Gasteiger partial charge < -0.3 is 15.1 Å². The van der Waals surface area contributed by atoms with Gasteiger partial charge in [0.1, 0.15) is 12.0 Å². The van der Waals surface area contributed by atoms with E-state index in [2.05, 4.69) is 37.8 Å². The summed E-state index contributed by atoms with van der Waals surface area (Å²) < 4.78 is 1.72. The Kier molecular flexibility index (Phi) is 5.19. The second-order valence-electron chi connectivity index (χ2n) is 9.30. The number of fused-ring (bicyclic) bond motifs is 2. The van der Waals surface area contributed by atoms with Crippen molar-refractivity contribution in [1.29, 1.82) is 0 Å². The normalized spacial score (nSPS) is 21.9. The van der Waals surface area contributed by atoms with Crippen LogP contribution in [0.4, 0.5) is 23.1 Å². The second-order valence-corrected chi connectivity index (χ2v) is 13.7. The molecule has 0 aromatic carbocycles. The van der Waals surface area contributed by atoms with Gasteiger partial charge in [-0.2, -0.15) is 10.1 Å². The van der Waals surface area contributed by atoms with Crippen LogP contribution in [0.2, 0.25) is 0 Å². The van der Waals surface area contributed by atoms with Gasteiger partial charge >= 0.3 is 0 Å². The Balaban J connectivity index is 1.48. The summed E-state index contributed by atoms with van der Waals surface area (Å²) in [7, 11) is 1.26. The maximum absolute atomic E-state index is 12.7. The van der Waals surface area contributed by atoms with Crippen LogP contribution >= 0.6 is 10.0 Å². The Hall–Kier alpha value is -2.88. The molecule has 1 fully saturated rings. The molecule has 5 rings (SSSR count). The Morgan fingerprint density at radius 1 is 1.19 bits per heavy atom. The molecule has 1 amide bonds. The first-order valence-electron chi connectivity index (χ1n) is 11.0. The van der Waals surface area contributed by atoms with Crippen molar-refractivity contribution in [1.82, 2.24) is 24.6 Å². The van der Waals surface area contributed by atoms with Crippen LogP contribution in [0.15, 0.2) is 24.8 Å². The van der Waals surface area contributed by atoms with Gasteiger partial charge in [0, 0.05) is 13.1 Å². The minimum atomic E-state index is -0.540. The molecule has 0 radical (unpaired) electrons. The van der Waals surface area contributed by atoms with Gasteiger partial charge in [-0.3, -0.25) is 4.79 Å². The van der Waals surface area contributed by atoms with Crippen molar-refractivity contribution in [3.63, 3.8) is 0 Å². The smallest absolute Gasteiger partial charge is 0.246 e. The van der Waals surface area contributed by atoms with Crippen molar-refractivity contribution >= 4 is 44.7 Å². The van der Waals surface area contributed by atoms with Crippen molar-refractivity contribution in [3.8, 4) is 0 Å². The van der Waals surface area contributed by atoms with Crippen molar-refractivity contribution < 1.29 is 4.79 Å². The number of pyridine rings is 1. The van der Waals surface area contributed by atoms with Crippen molar-refractivity contribution in [3.05, 3.63) is 30.4 Å². The minimum absolute atomic E-state index is 0.0881. The first-order chi connectivity index (χ1) is 15.3. The number of anilines is 4. The molecule has 32 heavy (non-hydrogen) atoms. The van der Waals surface area contributed by atoms with Crippen LogP contribution in [-0.2, 0) is 4.79 Å². The highest BCUT2D eigenvalue weighted by atomic mass is 32.3. The highest BCUT2D eigenvalue weighted by molar-refractivity contribution is 8.32. The van der Waals surface area contributed by atoms with Gasteiger partial charge in [-0.15, -0.1) is 0 Å². The van der Waals surface area contributed by atoms with Gasteiger partial charge in [-0.25, -0.2) is 24.5 Å². The fourth-order valence-corrected chi connectivity index (χ4v) is 6.63. The molecule has 5 heterocycles. The summed E-state index contributed by atoms with van der Waals surface area (Å²) in [4.78, 5) is 30.3. The third kappa shape index (κ3) is 3.87. The third-order valence-corrected chi connectivity index (χ3v) is 9.35. The molecule has 0 spiro atoms. The van der Waals surface area contributed by atoms with Gasteiger partial charge in [-0.1, -0.05) is 0 Å². The number of carbonyl (C=O) groups is 1. The molecular formula is C22H30N8OS. The lowest BCUT2D eigenvalue weighted by Gasteiger charge is -2.39. The molecule has 3 aromatic heterocycles. The van der Waals surface area contributed by atoms with Crippen LogP contribution in [0.3, 0.4) is 0 Å². The number of nitrogens with zero attached hydrogens (tertiary/aromatic N) is 7. The molecule has 0 bridgehead atoms. The fraction of sp³-hybridized carbons (Fsp3) is 0.500. The molecule has 10 heteroatoms. The molecule has 1 unspecified atom stereocenters. The zero-order chi connectivity index (χ0) is 22.5. The molecule has 9 nitrogen and oxygen atoms in total. The Morgan fingerprint density at radius 2 is 2.03 bits per heavy atom. The Bertz CT molecular complexity index is 1180. The summed E-state index contributed by atoms with van der Waals surface area (Å²) in [5.74, 6) is 3.98. The third-order valence-electron chi connectivity index (χ3n) is 6.61. The SMILES string of the molecule is Cc1cc2ncnn2cc1Nc1ncc2c(n1)N(C1CCCS(C)(C)CC1)CC(=O)N2C. The lowest BCUT2D eigenvalue weighted by Crippen LogP contribution is -2.49. The summed E-state index contributed by atoms with van der Waals surface area (Å²) in [6, 6.07) is 2.30. The fourth-order valence-electron chi connectivity index (χ4n) is 4.57. The van der Waals surface area contributed by atoms with E-state index in [-0.39, 0.29) is 5.91 Å². The average Bonchev–Trinajstić information content (AvgIpc) is 3.12. The monoisotopic (exact) mass is 454 g/mol. The van der Waals surface area contributed by atoms with Crippen molar-refractivity contribution in [2.45, 2.75) is 32.2 Å². The highest BCUT2D eigenvalue weighted by Gasteiger charge is 2.34. The van der Waals surface area contributed by atoms with Gasteiger partial charge in [0.2, 0.25) is 11.9 Å². The Morgan fingerprint density at radius 3 is 2.88 bits per heavy atom. The Labute approximate surface area is 189 Å². The van der Waals surface area contributed by atoms with Gasteiger partial charge in [0.15, 0.2) is 11.5 Å². The van der Waals surface area contributed by atoms with E-state index in [1.165, 1.54) is 24.3 Å². The molecule has 170 valence electrons. The number of likely N-dealkylation sites (N-methyl/N-ethyl adjacent to an activating group) is 1. The first-order valence-corrected chi connectivity index (χ1v) is 13.8.